The van der Waals surface area contributed by atoms with Gasteiger partial charge in [0.15, 0.2) is 25.2 Å². The maximum atomic E-state index is 11.9. The predicted octanol–water partition coefficient (Wildman–Crippen LogP) is -0.614. The Bertz CT molecular complexity index is 2070. The number of fused-ring (bicyclic) bond motifs is 6. The third-order valence-electron chi connectivity index (χ3n) is 21.0. The van der Waals surface area contributed by atoms with E-state index in [4.69, 9.17) is 37.9 Å². The molecule has 0 unspecified atom stereocenters. The van der Waals surface area contributed by atoms with Crippen molar-refractivity contribution < 1.29 is 104 Å². The Morgan fingerprint density at radius 3 is 1.72 bits per heavy atom. The minimum atomic E-state index is -2.00. The Hall–Kier alpha value is -1.36. The lowest BCUT2D eigenvalue weighted by molar-refractivity contribution is -0.402. The molecular formula is C54H88O21. The van der Waals surface area contributed by atoms with Gasteiger partial charge >= 0.3 is 0 Å². The smallest absolute Gasteiger partial charge is 0.187 e. The van der Waals surface area contributed by atoms with Crippen LogP contribution in [-0.4, -0.2) is 222 Å². The summed E-state index contributed by atoms with van der Waals surface area (Å²) in [4.78, 5) is 0. The molecule has 0 bridgehead atoms. The molecule has 9 rings (SSSR count). The molecule has 0 amide bonds. The molecule has 5 aliphatic carbocycles. The van der Waals surface area contributed by atoms with Gasteiger partial charge in [0.1, 0.15) is 85.5 Å². The van der Waals surface area contributed by atoms with Crippen LogP contribution >= 0.6 is 0 Å². The van der Waals surface area contributed by atoms with E-state index in [2.05, 4.69) is 46.8 Å². The highest BCUT2D eigenvalue weighted by Crippen LogP contribution is 2.74. The van der Waals surface area contributed by atoms with Crippen LogP contribution in [0.5, 0.6) is 0 Å². The fraction of sp³-hybridized carbons (Fsp3) is 0.926. The second-order valence-electron chi connectivity index (χ2n) is 25.8. The molecule has 0 aromatic heterocycles. The summed E-state index contributed by atoms with van der Waals surface area (Å²) in [6.45, 7) is 15.1. The molecule has 21 heteroatoms. The van der Waals surface area contributed by atoms with Gasteiger partial charge in [-0.3, -0.25) is 0 Å². The average molecular weight is 1070 g/mol. The second-order valence-corrected chi connectivity index (χ2v) is 25.8. The molecule has 0 radical (unpaired) electrons. The molecule has 430 valence electrons. The van der Waals surface area contributed by atoms with Gasteiger partial charge in [-0.25, -0.2) is 0 Å². The summed E-state index contributed by atoms with van der Waals surface area (Å²) in [5, 5.41) is 143. The first-order chi connectivity index (χ1) is 35.2. The van der Waals surface area contributed by atoms with E-state index in [1.807, 2.05) is 6.92 Å². The third-order valence-corrected chi connectivity index (χ3v) is 21.0. The molecule has 9 aliphatic rings. The Kier molecular flexibility index (Phi) is 16.5. The Labute approximate surface area is 439 Å². The largest absolute Gasteiger partial charge is 0.396 e. The Balaban J connectivity index is 1.01. The van der Waals surface area contributed by atoms with Crippen LogP contribution in [0.15, 0.2) is 23.3 Å². The minimum Gasteiger partial charge on any atom is -0.396 e. The van der Waals surface area contributed by atoms with Gasteiger partial charge in [-0.15, -0.1) is 0 Å². The van der Waals surface area contributed by atoms with Gasteiger partial charge in [0.05, 0.1) is 44.7 Å². The van der Waals surface area contributed by atoms with E-state index >= 15 is 0 Å². The second kappa shape index (κ2) is 21.2. The molecule has 0 aromatic carbocycles. The molecule has 21 nitrogen and oxygen atoms in total. The summed E-state index contributed by atoms with van der Waals surface area (Å²) in [6.07, 6.45) is -21.1. The van der Waals surface area contributed by atoms with Gasteiger partial charge in [0.25, 0.3) is 0 Å². The molecule has 7 fully saturated rings. The lowest BCUT2D eigenvalue weighted by Gasteiger charge is -2.70. The van der Waals surface area contributed by atoms with Crippen molar-refractivity contribution in [1.82, 2.24) is 0 Å². The highest BCUT2D eigenvalue weighted by Gasteiger charge is 2.68. The molecule has 4 saturated heterocycles. The summed E-state index contributed by atoms with van der Waals surface area (Å²) in [5.74, 6) is 0.0404. The highest BCUT2D eigenvalue weighted by atomic mass is 16.8. The number of allylic oxidation sites excluding steroid dienone is 3. The summed E-state index contributed by atoms with van der Waals surface area (Å²) in [5.41, 5.74) is 1.21. The fourth-order valence-corrected chi connectivity index (χ4v) is 15.9. The van der Waals surface area contributed by atoms with Crippen LogP contribution in [0.1, 0.15) is 113 Å². The zero-order chi connectivity index (χ0) is 54.7. The number of aliphatic hydroxyl groups excluding tert-OH is 13. The molecular weight excluding hydrogens is 985 g/mol. The van der Waals surface area contributed by atoms with Crippen LogP contribution in [-0.2, 0) is 37.9 Å². The van der Waals surface area contributed by atoms with E-state index in [0.717, 1.165) is 44.9 Å². The molecule has 0 aromatic rings. The summed E-state index contributed by atoms with van der Waals surface area (Å²) in [6, 6.07) is 0. The van der Waals surface area contributed by atoms with Crippen LogP contribution in [0.3, 0.4) is 0 Å². The quantitative estimate of drug-likeness (QED) is 0.108. The van der Waals surface area contributed by atoms with Crippen molar-refractivity contribution in [3.05, 3.63) is 23.3 Å². The molecule has 4 aliphatic heterocycles. The summed E-state index contributed by atoms with van der Waals surface area (Å²) >= 11 is 0. The third kappa shape index (κ3) is 9.47. The monoisotopic (exact) mass is 1070 g/mol. The van der Waals surface area contributed by atoms with Crippen molar-refractivity contribution in [2.45, 2.75) is 242 Å². The van der Waals surface area contributed by atoms with Crippen LogP contribution in [0.4, 0.5) is 0 Å². The molecule has 4 heterocycles. The van der Waals surface area contributed by atoms with E-state index in [1.165, 1.54) is 25.0 Å². The number of hydrogen-bond donors (Lipinski definition) is 13. The van der Waals surface area contributed by atoms with E-state index in [-0.39, 0.29) is 52.1 Å². The molecule has 3 saturated carbocycles. The lowest BCUT2D eigenvalue weighted by Crippen LogP contribution is -2.68. The first kappa shape index (κ1) is 58.3. The fourth-order valence-electron chi connectivity index (χ4n) is 15.9. The zero-order valence-corrected chi connectivity index (χ0v) is 44.7. The van der Waals surface area contributed by atoms with Crippen LogP contribution in [0.2, 0.25) is 0 Å². The molecule has 13 N–H and O–H groups in total. The van der Waals surface area contributed by atoms with Crippen molar-refractivity contribution in [3.8, 4) is 0 Å². The molecule has 0 spiro atoms. The van der Waals surface area contributed by atoms with Gasteiger partial charge < -0.3 is 104 Å². The molecule has 75 heavy (non-hydrogen) atoms. The topological polar surface area (TPSA) is 337 Å². The molecule has 28 atom stereocenters. The normalized spacial score (nSPS) is 54.9. The SMILES string of the molecule is C[C@@H]1O[C@@H](O[C@H]2[C@H](O)[C@@H](O)[C@H](O[C@H]3[C@@H](O)[C@@H](C)O[C@@H](O[C@H]4CC[C@@]5(C)[C@@H](CC[C@]6(C)[C@@H]5C=CC5=C7CC(C)(C)CC[C@]7(CO)CC[C@]56C)[C@]4(C)CO)[C@@H]3O[C@@H]3O[C@H](CO)[C@@H](O)[C@H](O)[C@H]3O)O[C@@H]2CO)[C@H](O)[C@H](O)[C@H]1O. The number of aliphatic hydroxyl groups is 13. The van der Waals surface area contributed by atoms with Gasteiger partial charge in [-0.1, -0.05) is 59.3 Å². The van der Waals surface area contributed by atoms with Gasteiger partial charge in [0.2, 0.25) is 0 Å². The first-order valence-electron chi connectivity index (χ1n) is 27.4. The zero-order valence-electron chi connectivity index (χ0n) is 44.7. The van der Waals surface area contributed by atoms with Gasteiger partial charge in [-0.05, 0) is 111 Å². The maximum absolute atomic E-state index is 11.9. The summed E-state index contributed by atoms with van der Waals surface area (Å²) in [7, 11) is 0. The van der Waals surface area contributed by atoms with E-state index in [0.29, 0.717) is 12.8 Å². The Morgan fingerprint density at radius 2 is 1.08 bits per heavy atom. The van der Waals surface area contributed by atoms with Gasteiger partial charge in [-0.2, -0.15) is 0 Å². The number of rotatable bonds is 12. The summed E-state index contributed by atoms with van der Waals surface area (Å²) < 4.78 is 49.3. The van der Waals surface area contributed by atoms with Crippen molar-refractivity contribution in [2.24, 2.45) is 44.3 Å². The standard InChI is InChI=1S/C54H88O21/c1-24-33(59)36(62)39(65)45(68-24)73-42-29(21-56)71-47(41(67)38(42)64)74-43-34(60)25(2)69-48(44(43)75-46-40(66)37(63)35(61)28(20-55)70-46)72-32-12-13-50(5)30(51(32,6)22-57)11-14-53(8)31(50)10-9-26-27-19-49(3,4)15-17-54(27,23-58)18-16-52(26,53)7/h9-10,24-25,28-48,55-67H,11-23H2,1-8H3/t24-,25+,28+,29+,30+,31+,32-,33-,34-,35+,36+,37-,38+,39+,40+,41+,42+,43-,44+,45-,46-,47-,48-,50-,51-,52+,53+,54+/m0/s1. The first-order valence-corrected chi connectivity index (χ1v) is 27.4. The maximum Gasteiger partial charge on any atom is 0.187 e. The highest BCUT2D eigenvalue weighted by molar-refractivity contribution is 5.46. The van der Waals surface area contributed by atoms with E-state index in [1.54, 1.807) is 0 Å². The average Bonchev–Trinajstić information content (AvgIpc) is 3.37. The number of ether oxygens (including phenoxy) is 8. The van der Waals surface area contributed by atoms with Crippen molar-refractivity contribution in [2.75, 3.05) is 26.4 Å². The van der Waals surface area contributed by atoms with Crippen molar-refractivity contribution in [3.63, 3.8) is 0 Å². The number of hydrogen-bond acceptors (Lipinski definition) is 21. The van der Waals surface area contributed by atoms with Crippen molar-refractivity contribution >= 4 is 0 Å². The van der Waals surface area contributed by atoms with E-state index < -0.39 is 148 Å². The Morgan fingerprint density at radius 1 is 0.520 bits per heavy atom. The van der Waals surface area contributed by atoms with E-state index in [9.17, 15) is 66.4 Å². The predicted molar refractivity (Wildman–Crippen MR) is 261 cm³/mol. The van der Waals surface area contributed by atoms with Crippen LogP contribution < -0.4 is 0 Å². The van der Waals surface area contributed by atoms with Gasteiger partial charge in [0, 0.05) is 10.8 Å². The lowest BCUT2D eigenvalue weighted by atomic mass is 9.35. The van der Waals surface area contributed by atoms with Crippen LogP contribution in [0, 0.1) is 44.3 Å². The van der Waals surface area contributed by atoms with Crippen molar-refractivity contribution in [1.29, 1.82) is 0 Å². The van der Waals surface area contributed by atoms with Crippen LogP contribution in [0.25, 0.3) is 0 Å². The minimum absolute atomic E-state index is 0.0824.